The van der Waals surface area contributed by atoms with Crippen molar-refractivity contribution in [2.75, 3.05) is 23.7 Å². The molecular formula is C40H31F6N11O2. The van der Waals surface area contributed by atoms with Gasteiger partial charge >= 0.3 is 5.97 Å². The number of nitrogens with zero attached hydrogens (tertiary/aromatic N) is 9. The summed E-state index contributed by atoms with van der Waals surface area (Å²) in [6, 6.07) is 12.8. The maximum Gasteiger partial charge on any atom is 0.335 e. The molecule has 2 saturated carbocycles. The molecule has 0 atom stereocenters. The van der Waals surface area contributed by atoms with Crippen LogP contribution in [0, 0.1) is 29.8 Å². The third-order valence-corrected chi connectivity index (χ3v) is 10.1. The predicted octanol–water partition coefficient (Wildman–Crippen LogP) is 7.64. The van der Waals surface area contributed by atoms with Gasteiger partial charge in [0.2, 0.25) is 11.9 Å². The van der Waals surface area contributed by atoms with Gasteiger partial charge in [-0.1, -0.05) is 6.07 Å². The van der Waals surface area contributed by atoms with Gasteiger partial charge in [-0.25, -0.2) is 45.9 Å². The molecule has 59 heavy (non-hydrogen) atoms. The van der Waals surface area contributed by atoms with Crippen LogP contribution >= 0.6 is 0 Å². The molecule has 0 saturated heterocycles. The van der Waals surface area contributed by atoms with Crippen molar-refractivity contribution in [1.29, 1.82) is 0 Å². The first-order valence-corrected chi connectivity index (χ1v) is 18.0. The zero-order valence-electron chi connectivity index (χ0n) is 30.6. The van der Waals surface area contributed by atoms with E-state index < -0.39 is 52.4 Å². The first-order valence-electron chi connectivity index (χ1n) is 18.0. The zero-order valence-corrected chi connectivity index (χ0v) is 30.6. The lowest BCUT2D eigenvalue weighted by molar-refractivity contribution is 0.0696. The van der Waals surface area contributed by atoms with Gasteiger partial charge in [0.05, 0.1) is 35.9 Å². The Kier molecular flexibility index (Phi) is 11.4. The molecule has 2 fully saturated rings. The lowest BCUT2D eigenvalue weighted by Gasteiger charge is -2.43. The molecule has 19 heteroatoms. The van der Waals surface area contributed by atoms with E-state index in [0.717, 1.165) is 18.2 Å². The number of pyridine rings is 2. The summed E-state index contributed by atoms with van der Waals surface area (Å²) in [6.45, 7) is 7.36. The van der Waals surface area contributed by atoms with Crippen LogP contribution in [-0.4, -0.2) is 76.8 Å². The van der Waals surface area contributed by atoms with E-state index in [1.165, 1.54) is 67.3 Å². The Labute approximate surface area is 331 Å². The lowest BCUT2D eigenvalue weighted by Crippen LogP contribution is -2.49. The summed E-state index contributed by atoms with van der Waals surface area (Å²) in [4.78, 5) is 30.7. The molecule has 4 aromatic heterocycles. The number of halogens is 6. The summed E-state index contributed by atoms with van der Waals surface area (Å²) in [6.07, 6.45) is 3.97. The highest BCUT2D eigenvalue weighted by Crippen LogP contribution is 2.46. The monoisotopic (exact) mass is 811 g/mol. The maximum atomic E-state index is 14.2. The smallest absolute Gasteiger partial charge is 0.335 e. The van der Waals surface area contributed by atoms with Crippen molar-refractivity contribution < 1.29 is 36.2 Å². The van der Waals surface area contributed by atoms with Crippen LogP contribution in [0.2, 0.25) is 0 Å². The minimum absolute atomic E-state index is 0.0484. The van der Waals surface area contributed by atoms with Gasteiger partial charge in [-0.15, -0.1) is 20.4 Å². The Morgan fingerprint density at radius 1 is 0.678 bits per heavy atom. The summed E-state index contributed by atoms with van der Waals surface area (Å²) < 4.78 is 83.7. The number of carboxylic acid groups (broad SMARTS) is 1. The minimum atomic E-state index is -1.20. The number of hydrogen-bond donors (Lipinski definition) is 3. The Balaban J connectivity index is 0.000000179. The fraction of sp³-hybridized carbons (Fsp3) is 0.250. The van der Waals surface area contributed by atoms with Crippen molar-refractivity contribution in [3.63, 3.8) is 0 Å². The first-order chi connectivity index (χ1) is 28.4. The van der Waals surface area contributed by atoms with Gasteiger partial charge in [0.15, 0.2) is 5.69 Å². The van der Waals surface area contributed by atoms with E-state index in [0.29, 0.717) is 0 Å². The second kappa shape index (κ2) is 16.8. The van der Waals surface area contributed by atoms with E-state index in [2.05, 4.69) is 55.8 Å². The number of carboxylic acids is 1. The van der Waals surface area contributed by atoms with Crippen LogP contribution in [0.25, 0.3) is 27.4 Å². The van der Waals surface area contributed by atoms with Crippen LogP contribution in [0.1, 0.15) is 47.4 Å². The molecule has 0 aliphatic heterocycles. The van der Waals surface area contributed by atoms with Crippen LogP contribution < -0.4 is 10.6 Å². The standard InChI is InChI=1S/C20H15F3N6.C20H16F3N5O2/c1-24-13-4-5-15(22)14(7-13)17-10-26-19(29-28-17)27-11-20(8-12(21)9-20)18-16(23)3-2-6-25-18;21-12-7-20(8-12,17-15(23)2-1-5-24-17)10-26-19-25-9-16(27-28-19)13-6-11(18(29)30)3-4-14(13)22/h2-7,10,12H,8-9,11H2,(H,26,27,29);1-6,9,12H,7-8,10H2,(H,29,30)(H,25,26,28). The maximum absolute atomic E-state index is 14.2. The van der Waals surface area contributed by atoms with Crippen molar-refractivity contribution in [2.24, 2.45) is 0 Å². The summed E-state index contributed by atoms with van der Waals surface area (Å²) in [5, 5.41) is 30.6. The van der Waals surface area contributed by atoms with E-state index in [1.807, 2.05) is 0 Å². The molecule has 0 radical (unpaired) electrons. The van der Waals surface area contributed by atoms with Gasteiger partial charge in [0.1, 0.15) is 47.0 Å². The normalized spacial score (nSPS) is 20.5. The van der Waals surface area contributed by atoms with E-state index >= 15 is 0 Å². The molecule has 4 heterocycles. The molecule has 2 aliphatic rings. The number of aromatic nitrogens is 8. The van der Waals surface area contributed by atoms with E-state index in [4.69, 9.17) is 11.7 Å². The highest BCUT2D eigenvalue weighted by molar-refractivity contribution is 5.89. The Hall–Kier alpha value is -7.10. The average molecular weight is 812 g/mol. The topological polar surface area (TPSA) is 169 Å². The third-order valence-electron chi connectivity index (χ3n) is 10.1. The second-order valence-corrected chi connectivity index (χ2v) is 14.1. The lowest BCUT2D eigenvalue weighted by atomic mass is 9.65. The zero-order chi connectivity index (χ0) is 41.7. The molecule has 2 aromatic carbocycles. The van der Waals surface area contributed by atoms with Gasteiger partial charge in [-0.3, -0.25) is 9.97 Å². The molecule has 6 aromatic rings. The summed E-state index contributed by atoms with van der Waals surface area (Å²) in [7, 11) is 0. The number of nitrogens with one attached hydrogen (secondary N) is 2. The van der Waals surface area contributed by atoms with Crippen LogP contribution in [0.15, 0.2) is 85.5 Å². The quantitative estimate of drug-likeness (QED) is 0.0865. The van der Waals surface area contributed by atoms with Gasteiger partial charge in [0, 0.05) is 47.4 Å². The average Bonchev–Trinajstić information content (AvgIpc) is 3.22. The van der Waals surface area contributed by atoms with Crippen molar-refractivity contribution in [1.82, 2.24) is 40.3 Å². The largest absolute Gasteiger partial charge is 0.478 e. The second-order valence-electron chi connectivity index (χ2n) is 14.1. The van der Waals surface area contributed by atoms with Crippen LogP contribution in [0.4, 0.5) is 43.9 Å². The number of benzene rings is 2. The fourth-order valence-corrected chi connectivity index (χ4v) is 7.06. The number of rotatable bonds is 11. The van der Waals surface area contributed by atoms with E-state index in [1.54, 1.807) is 0 Å². The number of carbonyl (C=O) groups is 1. The number of alkyl halides is 2. The summed E-state index contributed by atoms with van der Waals surface area (Å²) in [5.41, 5.74) is -0.736. The SMILES string of the molecule is O=C(O)c1ccc(F)c(-c2cnc(NCC3(c4ncccc4F)CC(F)C3)nn2)c1.[C-]#[N+]c1ccc(F)c(-c2cnc(NCC3(c4ncccc4F)CC(F)C3)nn2)c1. The van der Waals surface area contributed by atoms with Crippen molar-refractivity contribution in [3.05, 3.63) is 137 Å². The Bertz CT molecular complexity index is 2510. The molecule has 3 N–H and O–H groups in total. The molecule has 13 nitrogen and oxygen atoms in total. The summed E-state index contributed by atoms with van der Waals surface area (Å²) in [5.74, 6) is -3.15. The molecule has 0 unspecified atom stereocenters. The number of hydrogen-bond acceptors (Lipinski definition) is 11. The predicted molar refractivity (Wildman–Crippen MR) is 201 cm³/mol. The number of aromatic carboxylic acids is 1. The van der Waals surface area contributed by atoms with Crippen molar-refractivity contribution >= 4 is 23.6 Å². The molecular weight excluding hydrogens is 781 g/mol. The molecule has 2 aliphatic carbocycles. The van der Waals surface area contributed by atoms with Crippen molar-refractivity contribution in [3.8, 4) is 22.5 Å². The summed E-state index contributed by atoms with van der Waals surface area (Å²) >= 11 is 0. The number of anilines is 2. The van der Waals surface area contributed by atoms with Crippen LogP contribution in [-0.2, 0) is 10.8 Å². The van der Waals surface area contributed by atoms with Gasteiger partial charge in [-0.2, -0.15) is 0 Å². The van der Waals surface area contributed by atoms with Gasteiger partial charge in [0.25, 0.3) is 0 Å². The van der Waals surface area contributed by atoms with Crippen LogP contribution in [0.3, 0.4) is 0 Å². The Morgan fingerprint density at radius 3 is 1.56 bits per heavy atom. The van der Waals surface area contributed by atoms with Gasteiger partial charge in [-0.05, 0) is 80.3 Å². The molecule has 0 bridgehead atoms. The Morgan fingerprint density at radius 2 is 1.15 bits per heavy atom. The van der Waals surface area contributed by atoms with Gasteiger partial charge < -0.3 is 15.7 Å². The van der Waals surface area contributed by atoms with E-state index in [-0.39, 0.29) is 95.8 Å². The molecule has 0 spiro atoms. The van der Waals surface area contributed by atoms with Crippen LogP contribution in [0.5, 0.6) is 0 Å². The fourth-order valence-electron chi connectivity index (χ4n) is 7.06. The first kappa shape index (κ1) is 40.1. The van der Waals surface area contributed by atoms with E-state index in [9.17, 15) is 31.1 Å². The third kappa shape index (κ3) is 8.61. The highest BCUT2D eigenvalue weighted by atomic mass is 19.2. The molecule has 0 amide bonds. The molecule has 8 rings (SSSR count). The highest BCUT2D eigenvalue weighted by Gasteiger charge is 2.49. The minimum Gasteiger partial charge on any atom is -0.478 e. The van der Waals surface area contributed by atoms with Crippen molar-refractivity contribution in [2.45, 2.75) is 48.9 Å². The molecule has 300 valence electrons.